The summed E-state index contributed by atoms with van der Waals surface area (Å²) >= 11 is 0. The van der Waals surface area contributed by atoms with Crippen molar-refractivity contribution in [3.8, 4) is 0 Å². The number of nitrogen functional groups attached to an aromatic ring is 1. The van der Waals surface area contributed by atoms with Gasteiger partial charge in [0.2, 0.25) is 5.91 Å². The summed E-state index contributed by atoms with van der Waals surface area (Å²) in [5.74, 6) is -0.212. The van der Waals surface area contributed by atoms with E-state index in [1.165, 1.54) is 12.1 Å². The number of anilines is 1. The third-order valence-corrected chi connectivity index (χ3v) is 3.25. The predicted octanol–water partition coefficient (Wildman–Crippen LogP) is 1.07. The molecule has 1 aromatic carbocycles. The first-order valence-corrected chi connectivity index (χ1v) is 6.06. The zero-order valence-electron chi connectivity index (χ0n) is 10.5. The maximum atomic E-state index is 12.9. The molecular formula is C13H18FN3O. The van der Waals surface area contributed by atoms with Crippen molar-refractivity contribution in [2.75, 3.05) is 32.4 Å². The van der Waals surface area contributed by atoms with Gasteiger partial charge in [-0.1, -0.05) is 6.07 Å². The van der Waals surface area contributed by atoms with Gasteiger partial charge in [0.1, 0.15) is 5.82 Å². The van der Waals surface area contributed by atoms with Gasteiger partial charge in [-0.25, -0.2) is 4.39 Å². The Morgan fingerprint density at radius 1 is 1.39 bits per heavy atom. The van der Waals surface area contributed by atoms with Crippen LogP contribution in [0.4, 0.5) is 10.1 Å². The van der Waals surface area contributed by atoms with Gasteiger partial charge in [0.25, 0.3) is 0 Å². The highest BCUT2D eigenvalue weighted by molar-refractivity contribution is 5.78. The fraction of sp³-hybridized carbons (Fsp3) is 0.462. The van der Waals surface area contributed by atoms with Gasteiger partial charge < -0.3 is 10.6 Å². The van der Waals surface area contributed by atoms with Gasteiger partial charge in [0.05, 0.1) is 6.54 Å². The van der Waals surface area contributed by atoms with Crippen molar-refractivity contribution < 1.29 is 9.18 Å². The summed E-state index contributed by atoms with van der Waals surface area (Å²) in [6.07, 6.45) is 0.948. The van der Waals surface area contributed by atoms with Crippen LogP contribution in [0.2, 0.25) is 0 Å². The van der Waals surface area contributed by atoms with E-state index < -0.39 is 0 Å². The zero-order chi connectivity index (χ0) is 13.1. The summed E-state index contributed by atoms with van der Waals surface area (Å²) in [7, 11) is 1.82. The highest BCUT2D eigenvalue weighted by Gasteiger charge is 2.19. The Kier molecular flexibility index (Phi) is 3.81. The second-order valence-electron chi connectivity index (χ2n) is 4.72. The summed E-state index contributed by atoms with van der Waals surface area (Å²) < 4.78 is 12.9. The molecule has 0 aromatic heterocycles. The number of benzene rings is 1. The zero-order valence-corrected chi connectivity index (χ0v) is 10.5. The highest BCUT2D eigenvalue weighted by atomic mass is 19.1. The lowest BCUT2D eigenvalue weighted by Gasteiger charge is -2.20. The standard InChI is InChI=1S/C13H18FN3O/c1-16-5-2-6-17(9-13(16)18)8-10-3-4-11(14)7-12(10)15/h3-4,7H,2,5-6,8-9,15H2,1H3. The quantitative estimate of drug-likeness (QED) is 0.800. The molecule has 2 rings (SSSR count). The first kappa shape index (κ1) is 12.8. The average Bonchev–Trinajstić information content (AvgIpc) is 2.46. The molecule has 5 heteroatoms. The molecule has 0 unspecified atom stereocenters. The molecule has 18 heavy (non-hydrogen) atoms. The van der Waals surface area contributed by atoms with Crippen LogP contribution in [0.15, 0.2) is 18.2 Å². The molecule has 4 nitrogen and oxygen atoms in total. The minimum Gasteiger partial charge on any atom is -0.398 e. The Labute approximate surface area is 106 Å². The Hall–Kier alpha value is -1.62. The molecule has 0 bridgehead atoms. The Balaban J connectivity index is 2.06. The third-order valence-electron chi connectivity index (χ3n) is 3.25. The van der Waals surface area contributed by atoms with Crippen LogP contribution < -0.4 is 5.73 Å². The molecule has 1 amide bonds. The Morgan fingerprint density at radius 2 is 2.17 bits per heavy atom. The van der Waals surface area contributed by atoms with Crippen LogP contribution in [0.5, 0.6) is 0 Å². The molecule has 0 saturated carbocycles. The van der Waals surface area contributed by atoms with E-state index in [0.717, 1.165) is 25.1 Å². The SMILES string of the molecule is CN1CCCN(Cc2ccc(F)cc2N)CC1=O. The smallest absolute Gasteiger partial charge is 0.236 e. The van der Waals surface area contributed by atoms with Crippen LogP contribution in [0.1, 0.15) is 12.0 Å². The number of rotatable bonds is 2. The van der Waals surface area contributed by atoms with Crippen molar-refractivity contribution in [1.82, 2.24) is 9.80 Å². The van der Waals surface area contributed by atoms with Crippen LogP contribution in [-0.2, 0) is 11.3 Å². The fourth-order valence-corrected chi connectivity index (χ4v) is 2.13. The van der Waals surface area contributed by atoms with E-state index in [1.807, 2.05) is 7.05 Å². The molecule has 1 aliphatic rings. The first-order chi connectivity index (χ1) is 8.56. The molecule has 2 N–H and O–H groups in total. The summed E-state index contributed by atoms with van der Waals surface area (Å²) in [6, 6.07) is 4.41. The van der Waals surface area contributed by atoms with E-state index in [4.69, 9.17) is 5.73 Å². The number of carbonyl (C=O) groups is 1. The van der Waals surface area contributed by atoms with Gasteiger partial charge in [0, 0.05) is 32.4 Å². The summed E-state index contributed by atoms with van der Waals surface area (Å²) in [6.45, 7) is 2.63. The lowest BCUT2D eigenvalue weighted by atomic mass is 10.1. The van der Waals surface area contributed by atoms with Gasteiger partial charge in [-0.05, 0) is 24.1 Å². The van der Waals surface area contributed by atoms with Crippen LogP contribution in [0.25, 0.3) is 0 Å². The van der Waals surface area contributed by atoms with Crippen LogP contribution in [0.3, 0.4) is 0 Å². The van der Waals surface area contributed by atoms with Crippen molar-refractivity contribution in [1.29, 1.82) is 0 Å². The molecule has 0 radical (unpaired) electrons. The number of carbonyl (C=O) groups excluding carboxylic acids is 1. The number of hydrogen-bond acceptors (Lipinski definition) is 3. The van der Waals surface area contributed by atoms with Crippen molar-refractivity contribution in [3.63, 3.8) is 0 Å². The topological polar surface area (TPSA) is 49.6 Å². The van der Waals surface area contributed by atoms with Crippen LogP contribution in [0, 0.1) is 5.82 Å². The maximum Gasteiger partial charge on any atom is 0.236 e. The summed E-state index contributed by atoms with van der Waals surface area (Å²) in [4.78, 5) is 15.5. The summed E-state index contributed by atoms with van der Waals surface area (Å²) in [5, 5.41) is 0. The number of hydrogen-bond donors (Lipinski definition) is 1. The van der Waals surface area contributed by atoms with Crippen LogP contribution >= 0.6 is 0 Å². The van der Waals surface area contributed by atoms with E-state index in [9.17, 15) is 9.18 Å². The molecule has 0 spiro atoms. The van der Waals surface area contributed by atoms with Gasteiger partial charge >= 0.3 is 0 Å². The largest absolute Gasteiger partial charge is 0.398 e. The van der Waals surface area contributed by atoms with Gasteiger partial charge in [-0.2, -0.15) is 0 Å². The molecule has 1 saturated heterocycles. The predicted molar refractivity (Wildman–Crippen MR) is 68.3 cm³/mol. The number of nitrogens with two attached hydrogens (primary N) is 1. The molecule has 0 aliphatic carbocycles. The van der Waals surface area contributed by atoms with E-state index in [0.29, 0.717) is 18.8 Å². The second kappa shape index (κ2) is 5.35. The normalized spacial score (nSPS) is 17.9. The summed E-state index contributed by atoms with van der Waals surface area (Å²) in [5.41, 5.74) is 7.09. The third kappa shape index (κ3) is 2.98. The first-order valence-electron chi connectivity index (χ1n) is 6.06. The van der Waals surface area contributed by atoms with Gasteiger partial charge in [0.15, 0.2) is 0 Å². The lowest BCUT2D eigenvalue weighted by molar-refractivity contribution is -0.129. The van der Waals surface area contributed by atoms with Crippen molar-refractivity contribution in [2.45, 2.75) is 13.0 Å². The molecule has 1 aromatic rings. The maximum absolute atomic E-state index is 12.9. The highest BCUT2D eigenvalue weighted by Crippen LogP contribution is 2.16. The molecule has 98 valence electrons. The van der Waals surface area contributed by atoms with Crippen molar-refractivity contribution in [3.05, 3.63) is 29.6 Å². The molecule has 1 heterocycles. The Bertz CT molecular complexity index is 450. The molecule has 1 fully saturated rings. The second-order valence-corrected chi connectivity index (χ2v) is 4.72. The van der Waals surface area contributed by atoms with Crippen LogP contribution in [-0.4, -0.2) is 42.4 Å². The molecular weight excluding hydrogens is 233 g/mol. The monoisotopic (exact) mass is 251 g/mol. The number of amides is 1. The Morgan fingerprint density at radius 3 is 2.89 bits per heavy atom. The average molecular weight is 251 g/mol. The van der Waals surface area contributed by atoms with Crippen molar-refractivity contribution >= 4 is 11.6 Å². The van der Waals surface area contributed by atoms with E-state index in [-0.39, 0.29) is 11.7 Å². The van der Waals surface area contributed by atoms with Gasteiger partial charge in [-0.3, -0.25) is 9.69 Å². The number of halogens is 1. The molecule has 1 aliphatic heterocycles. The van der Waals surface area contributed by atoms with E-state index in [1.54, 1.807) is 11.0 Å². The van der Waals surface area contributed by atoms with Crippen molar-refractivity contribution in [2.24, 2.45) is 0 Å². The van der Waals surface area contributed by atoms with Gasteiger partial charge in [-0.15, -0.1) is 0 Å². The molecule has 0 atom stereocenters. The minimum atomic E-state index is -0.331. The fourth-order valence-electron chi connectivity index (χ4n) is 2.13. The number of likely N-dealkylation sites (N-methyl/N-ethyl adjacent to an activating group) is 1. The van der Waals surface area contributed by atoms with E-state index in [2.05, 4.69) is 4.90 Å². The minimum absolute atomic E-state index is 0.119. The van der Waals surface area contributed by atoms with E-state index >= 15 is 0 Å². The lowest BCUT2D eigenvalue weighted by Crippen LogP contribution is -2.34. The number of nitrogens with zero attached hydrogens (tertiary/aromatic N) is 2.